The molecule has 3 heterocycles. The highest BCUT2D eigenvalue weighted by atomic mass is 16.6. The van der Waals surface area contributed by atoms with Crippen LogP contribution in [0.25, 0.3) is 0 Å². The topological polar surface area (TPSA) is 234 Å². The number of Topliss-reactive ketones (excluding diaryl/α,β-unsaturated/α-hetero) is 3. The van der Waals surface area contributed by atoms with E-state index in [1.54, 1.807) is 40.9 Å². The Kier molecular flexibility index (Phi) is 26.3. The molecule has 1 unspecified atom stereocenters. The number of methoxy groups -OCH3 is 2. The monoisotopic (exact) mass is 1030 g/mol. The van der Waals surface area contributed by atoms with Gasteiger partial charge in [-0.2, -0.15) is 0 Å². The Morgan fingerprint density at radius 1 is 0.822 bits per heavy atom. The van der Waals surface area contributed by atoms with Crippen molar-refractivity contribution in [1.82, 2.24) is 4.90 Å². The van der Waals surface area contributed by atoms with Crippen molar-refractivity contribution in [3.8, 4) is 0 Å². The van der Waals surface area contributed by atoms with Crippen LogP contribution in [0.5, 0.6) is 0 Å². The van der Waals surface area contributed by atoms with Gasteiger partial charge in [0.15, 0.2) is 5.78 Å². The number of piperidine rings is 1. The highest BCUT2D eigenvalue weighted by molar-refractivity contribution is 6.39. The number of ether oxygens (including phenoxy) is 7. The van der Waals surface area contributed by atoms with E-state index in [1.807, 2.05) is 51.2 Å². The van der Waals surface area contributed by atoms with Crippen LogP contribution in [0.3, 0.4) is 0 Å². The van der Waals surface area contributed by atoms with Gasteiger partial charge in [-0.3, -0.25) is 19.2 Å². The smallest absolute Gasteiger partial charge is 0.329 e. The minimum Gasteiger partial charge on any atom is -0.460 e. The lowest BCUT2D eigenvalue weighted by molar-refractivity contribution is -0.266. The lowest BCUT2D eigenvalue weighted by Crippen LogP contribution is -2.61. The molecule has 0 aromatic heterocycles. The van der Waals surface area contributed by atoms with Crippen molar-refractivity contribution in [2.24, 2.45) is 35.5 Å². The zero-order chi connectivity index (χ0) is 53.8. The number of amides is 1. The molecule has 4 N–H and O–H groups in total. The van der Waals surface area contributed by atoms with Gasteiger partial charge in [0.05, 0.1) is 64.1 Å². The molecule has 3 aliphatic heterocycles. The Morgan fingerprint density at radius 3 is 2.23 bits per heavy atom. The summed E-state index contributed by atoms with van der Waals surface area (Å²) < 4.78 is 41.0. The summed E-state index contributed by atoms with van der Waals surface area (Å²) in [4.78, 5) is 72.5. The van der Waals surface area contributed by atoms with Gasteiger partial charge >= 0.3 is 5.97 Å². The molecule has 17 heteroatoms. The predicted octanol–water partition coefficient (Wildman–Crippen LogP) is 5.58. The second-order valence-electron chi connectivity index (χ2n) is 21.2. The third-order valence-corrected chi connectivity index (χ3v) is 15.3. The van der Waals surface area contributed by atoms with Gasteiger partial charge in [0.25, 0.3) is 11.7 Å². The van der Waals surface area contributed by atoms with Gasteiger partial charge in [0.1, 0.15) is 30.1 Å². The van der Waals surface area contributed by atoms with Crippen LogP contribution in [0.15, 0.2) is 47.6 Å². The predicted molar refractivity (Wildman–Crippen MR) is 273 cm³/mol. The Morgan fingerprint density at radius 2 is 1.53 bits per heavy atom. The maximum atomic E-state index is 14.5. The van der Waals surface area contributed by atoms with Crippen LogP contribution < -0.4 is 0 Å². The van der Waals surface area contributed by atoms with E-state index >= 15 is 0 Å². The lowest BCUT2D eigenvalue weighted by atomic mass is 9.78. The first kappa shape index (κ1) is 62.1. The summed E-state index contributed by atoms with van der Waals surface area (Å²) >= 11 is 0. The van der Waals surface area contributed by atoms with Crippen molar-refractivity contribution in [2.75, 3.05) is 60.4 Å². The van der Waals surface area contributed by atoms with E-state index in [2.05, 4.69) is 0 Å². The molecule has 15 atom stereocenters. The number of carbonyl (C=O) groups excluding carboxylic acids is 5. The van der Waals surface area contributed by atoms with Crippen molar-refractivity contribution >= 4 is 29.2 Å². The minimum absolute atomic E-state index is 0.0192. The highest BCUT2D eigenvalue weighted by Crippen LogP contribution is 2.38. The number of aliphatic hydroxyl groups excluding tert-OH is 3. The number of rotatable bonds is 14. The summed E-state index contributed by atoms with van der Waals surface area (Å²) in [5.74, 6) is -8.31. The van der Waals surface area contributed by atoms with Gasteiger partial charge in [0, 0.05) is 51.4 Å². The second-order valence-corrected chi connectivity index (χ2v) is 21.2. The van der Waals surface area contributed by atoms with Crippen LogP contribution in [0.4, 0.5) is 0 Å². The SMILES string of the molecule is CO[C@@H]1C[C@H](C[C@@H](C)[C@@H]2CC(=O)[C@H](C)/C=C(\C)[C@@H](O)[C@@H](OC)C(=O)[C@H](C)C[C@H](C)/C=C/C=C/C=C(\C)[C@H](OCCOCCOCCO)C[C@@H]3CC[C@@H](C)[C@@](O)(O3)C(=O)C(=O)N3CCCCC3C(=O)O2)CC[C@H]1O. The molecule has 0 radical (unpaired) electrons. The van der Waals surface area contributed by atoms with E-state index < -0.39 is 83.9 Å². The number of allylic oxidation sites excluding steroid dienone is 6. The van der Waals surface area contributed by atoms with Crippen molar-refractivity contribution in [3.05, 3.63) is 47.6 Å². The summed E-state index contributed by atoms with van der Waals surface area (Å²) in [6.45, 7) is 13.8. The molecule has 414 valence electrons. The number of hydrogen-bond acceptors (Lipinski definition) is 16. The minimum atomic E-state index is -2.49. The quantitative estimate of drug-likeness (QED) is 0.0720. The molecule has 1 amide bonds. The van der Waals surface area contributed by atoms with Gasteiger partial charge in [-0.1, -0.05) is 71.1 Å². The van der Waals surface area contributed by atoms with Gasteiger partial charge < -0.3 is 58.5 Å². The van der Waals surface area contributed by atoms with E-state index in [0.29, 0.717) is 76.6 Å². The summed E-state index contributed by atoms with van der Waals surface area (Å²) in [5.41, 5.74) is 1.20. The molecule has 17 nitrogen and oxygen atoms in total. The number of esters is 1. The number of nitrogens with zero attached hydrogens (tertiary/aromatic N) is 1. The molecule has 73 heavy (non-hydrogen) atoms. The highest BCUT2D eigenvalue weighted by Gasteiger charge is 2.53. The molecule has 4 rings (SSSR count). The van der Waals surface area contributed by atoms with Crippen LogP contribution >= 0.6 is 0 Å². The number of hydrogen-bond donors (Lipinski definition) is 4. The number of cyclic esters (lactones) is 1. The molecule has 4 aliphatic rings. The molecular formula is C56H89NO16. The van der Waals surface area contributed by atoms with Crippen molar-refractivity contribution in [3.63, 3.8) is 0 Å². The van der Waals surface area contributed by atoms with Crippen LogP contribution in [0.2, 0.25) is 0 Å². The van der Waals surface area contributed by atoms with Crippen molar-refractivity contribution in [2.45, 2.75) is 180 Å². The fourth-order valence-corrected chi connectivity index (χ4v) is 10.7. The molecule has 2 bridgehead atoms. The lowest BCUT2D eigenvalue weighted by Gasteiger charge is -2.43. The fourth-order valence-electron chi connectivity index (χ4n) is 10.7. The summed E-state index contributed by atoms with van der Waals surface area (Å²) in [6.07, 6.45) is 10.4. The Balaban J connectivity index is 1.69. The Bertz CT molecular complexity index is 1900. The Labute approximate surface area is 434 Å². The number of ketones is 3. The van der Waals surface area contributed by atoms with Gasteiger partial charge in [-0.25, -0.2) is 4.79 Å². The Hall–Kier alpha value is -3.49. The third-order valence-electron chi connectivity index (χ3n) is 15.3. The summed E-state index contributed by atoms with van der Waals surface area (Å²) in [7, 11) is 2.93. The average molecular weight is 1030 g/mol. The standard InChI is InChI=1S/C56H89NO16/c1-35-15-11-10-12-16-36(2)47(71-28-27-70-26-25-69-24-23-58)33-43-20-18-41(7)56(66,73-43)53(63)54(64)57-22-14-13-17-44(57)55(65)72-48(38(4)31-42-19-21-45(59)49(32-42)67-8)34-46(60)37(3)30-40(6)51(62)52(68-9)50(61)39(5)29-35/h10-12,15-16,30,35,37-39,41-45,47-49,51-52,58-59,62,66H,13-14,17-29,31-34H2,1-9H3/b12-10+,15-11+,36-16+,40-30+/t35-,37-,38-,39-,41-,42+,43+,44?,45-,47-,48+,49-,51-,52+,56-/m1/s1. The zero-order valence-electron chi connectivity index (χ0n) is 45.1. The summed E-state index contributed by atoms with van der Waals surface area (Å²) in [5, 5.41) is 43.1. The third kappa shape index (κ3) is 18.4. The number of fused-ring (bicyclic) bond motifs is 3. The first-order chi connectivity index (χ1) is 34.7. The van der Waals surface area contributed by atoms with Crippen molar-refractivity contribution < 1.29 is 77.6 Å². The largest absolute Gasteiger partial charge is 0.460 e. The van der Waals surface area contributed by atoms with Crippen molar-refractivity contribution in [1.29, 1.82) is 0 Å². The van der Waals surface area contributed by atoms with Crippen LogP contribution in [-0.2, 0) is 57.1 Å². The van der Waals surface area contributed by atoms with E-state index in [4.69, 9.17) is 38.3 Å². The molecular weight excluding hydrogens is 943 g/mol. The number of aliphatic hydroxyl groups is 4. The maximum absolute atomic E-state index is 14.5. The van der Waals surface area contributed by atoms with Crippen LogP contribution in [0, 0.1) is 35.5 Å². The molecule has 3 fully saturated rings. The maximum Gasteiger partial charge on any atom is 0.329 e. The van der Waals surface area contributed by atoms with E-state index in [-0.39, 0.29) is 87.7 Å². The molecule has 1 saturated carbocycles. The van der Waals surface area contributed by atoms with Gasteiger partial charge in [0.2, 0.25) is 5.79 Å². The van der Waals surface area contributed by atoms with Crippen LogP contribution in [0.1, 0.15) is 126 Å². The van der Waals surface area contributed by atoms with E-state index in [0.717, 1.165) is 5.57 Å². The fraction of sp³-hybridized carbons (Fsp3) is 0.768. The number of carbonyl (C=O) groups is 5. The van der Waals surface area contributed by atoms with Gasteiger partial charge in [-0.05, 0) is 107 Å². The first-order valence-electron chi connectivity index (χ1n) is 26.8. The average Bonchev–Trinajstić information content (AvgIpc) is 3.37. The summed E-state index contributed by atoms with van der Waals surface area (Å²) in [6, 6.07) is -1.17. The molecule has 1 aliphatic carbocycles. The van der Waals surface area contributed by atoms with Crippen LogP contribution in [-0.4, -0.2) is 170 Å². The molecule has 2 saturated heterocycles. The van der Waals surface area contributed by atoms with E-state index in [9.17, 15) is 39.3 Å². The molecule has 0 spiro atoms. The molecule has 0 aromatic rings. The second kappa shape index (κ2) is 30.9. The van der Waals surface area contributed by atoms with E-state index in [1.165, 1.54) is 12.0 Å². The zero-order valence-corrected chi connectivity index (χ0v) is 45.1. The molecule has 0 aromatic carbocycles. The normalized spacial score (nSPS) is 37.3. The first-order valence-corrected chi connectivity index (χ1v) is 26.8. The van der Waals surface area contributed by atoms with Gasteiger partial charge in [-0.15, -0.1) is 0 Å².